The number of rotatable bonds is 5. The van der Waals surface area contributed by atoms with E-state index in [4.69, 9.17) is 0 Å². The summed E-state index contributed by atoms with van der Waals surface area (Å²) in [7, 11) is 0. The molecule has 0 unspecified atom stereocenters. The third-order valence-electron chi connectivity index (χ3n) is 4.07. The molecule has 3 aromatic heterocycles. The quantitative estimate of drug-likeness (QED) is 0.528. The minimum Gasteiger partial charge on any atom is -0.322 e. The zero-order valence-corrected chi connectivity index (χ0v) is 15.6. The highest BCUT2D eigenvalue weighted by Crippen LogP contribution is 2.22. The van der Waals surface area contributed by atoms with E-state index >= 15 is 0 Å². The Hall–Kier alpha value is -3.45. The van der Waals surface area contributed by atoms with Crippen molar-refractivity contribution in [1.82, 2.24) is 14.4 Å². The fourth-order valence-corrected chi connectivity index (χ4v) is 3.51. The molecule has 4 aromatic rings. The van der Waals surface area contributed by atoms with Gasteiger partial charge in [-0.2, -0.15) is 0 Å². The van der Waals surface area contributed by atoms with E-state index in [1.54, 1.807) is 48.4 Å². The van der Waals surface area contributed by atoms with Crippen molar-refractivity contribution in [3.63, 3.8) is 0 Å². The molecule has 0 spiro atoms. The first-order chi connectivity index (χ1) is 13.7. The van der Waals surface area contributed by atoms with Crippen molar-refractivity contribution < 1.29 is 4.79 Å². The number of carbonyl (C=O) groups is 1. The normalized spacial score (nSPS) is 10.7. The van der Waals surface area contributed by atoms with E-state index < -0.39 is 11.5 Å². The maximum atomic E-state index is 12.6. The average molecular weight is 388 g/mol. The molecule has 6 nitrogen and oxygen atoms in total. The number of hydrogen-bond donors (Lipinski definition) is 1. The maximum absolute atomic E-state index is 12.6. The van der Waals surface area contributed by atoms with Crippen LogP contribution < -0.4 is 10.9 Å². The van der Waals surface area contributed by atoms with Gasteiger partial charge in [0.1, 0.15) is 11.2 Å². The number of pyridine rings is 2. The molecule has 0 aliphatic heterocycles. The first-order valence-corrected chi connectivity index (χ1v) is 9.60. The van der Waals surface area contributed by atoms with Gasteiger partial charge in [-0.25, -0.2) is 9.97 Å². The van der Waals surface area contributed by atoms with Crippen molar-refractivity contribution in [3.8, 4) is 0 Å². The van der Waals surface area contributed by atoms with Crippen molar-refractivity contribution in [2.24, 2.45) is 0 Å². The molecular weight excluding hydrogens is 372 g/mol. The predicted octanol–water partition coefficient (Wildman–Crippen LogP) is 3.63. The SMILES string of the molecule is O=C(Nc1cccc(CSc2ccccn2)c1)c1cnc2ccccn2c1=O. The number of nitrogens with zero attached hydrogens (tertiary/aromatic N) is 3. The molecule has 28 heavy (non-hydrogen) atoms. The molecule has 138 valence electrons. The fraction of sp³-hybridized carbons (Fsp3) is 0.0476. The van der Waals surface area contributed by atoms with Crippen molar-refractivity contribution >= 4 is 29.0 Å². The van der Waals surface area contributed by atoms with Gasteiger partial charge in [-0.05, 0) is 42.0 Å². The molecule has 0 fully saturated rings. The summed E-state index contributed by atoms with van der Waals surface area (Å²) in [6, 6.07) is 18.5. The van der Waals surface area contributed by atoms with Crippen LogP contribution in [0.3, 0.4) is 0 Å². The van der Waals surface area contributed by atoms with Crippen LogP contribution in [0.5, 0.6) is 0 Å². The van der Waals surface area contributed by atoms with Crippen LogP contribution in [0.2, 0.25) is 0 Å². The van der Waals surface area contributed by atoms with Crippen LogP contribution >= 0.6 is 11.8 Å². The Balaban J connectivity index is 1.50. The molecule has 0 aliphatic rings. The molecule has 0 saturated carbocycles. The topological polar surface area (TPSA) is 76.4 Å². The Morgan fingerprint density at radius 3 is 2.79 bits per heavy atom. The Morgan fingerprint density at radius 1 is 1.04 bits per heavy atom. The van der Waals surface area contributed by atoms with Crippen molar-refractivity contribution in [1.29, 1.82) is 0 Å². The van der Waals surface area contributed by atoms with Gasteiger partial charge in [0.15, 0.2) is 0 Å². The molecule has 1 N–H and O–H groups in total. The lowest BCUT2D eigenvalue weighted by Gasteiger charge is -2.08. The number of nitrogens with one attached hydrogen (secondary N) is 1. The highest BCUT2D eigenvalue weighted by atomic mass is 32.2. The predicted molar refractivity (Wildman–Crippen MR) is 110 cm³/mol. The minimum atomic E-state index is -0.481. The molecule has 7 heteroatoms. The molecule has 1 aromatic carbocycles. The first kappa shape index (κ1) is 17.9. The third kappa shape index (κ3) is 3.94. The number of aromatic nitrogens is 3. The van der Waals surface area contributed by atoms with Gasteiger partial charge in [0, 0.05) is 30.0 Å². The van der Waals surface area contributed by atoms with Gasteiger partial charge in [0.2, 0.25) is 0 Å². The Bertz CT molecular complexity index is 1190. The summed E-state index contributed by atoms with van der Waals surface area (Å²) in [5.41, 5.74) is 1.77. The second-order valence-corrected chi connectivity index (χ2v) is 7.01. The van der Waals surface area contributed by atoms with Gasteiger partial charge in [0.05, 0.1) is 5.03 Å². The number of amides is 1. The van der Waals surface area contributed by atoms with Crippen molar-refractivity contribution in [3.05, 3.63) is 101 Å². The standard InChI is InChI=1S/C21H16N4O2S/c26-20(17-13-23-18-8-2-4-11-25(18)21(17)27)24-16-7-5-6-15(12-16)14-28-19-9-1-3-10-22-19/h1-13H,14H2,(H,24,26). The number of anilines is 1. The van der Waals surface area contributed by atoms with E-state index in [9.17, 15) is 9.59 Å². The lowest BCUT2D eigenvalue weighted by molar-refractivity contribution is 0.102. The second-order valence-electron chi connectivity index (χ2n) is 6.02. The van der Waals surface area contributed by atoms with Crippen molar-refractivity contribution in [2.45, 2.75) is 10.8 Å². The summed E-state index contributed by atoms with van der Waals surface area (Å²) in [6.45, 7) is 0. The Morgan fingerprint density at radius 2 is 1.93 bits per heavy atom. The number of thioether (sulfide) groups is 1. The molecule has 4 rings (SSSR count). The number of hydrogen-bond acceptors (Lipinski definition) is 5. The molecule has 1 amide bonds. The van der Waals surface area contributed by atoms with E-state index in [1.165, 1.54) is 10.6 Å². The Kier molecular flexibility index (Phi) is 5.16. The first-order valence-electron chi connectivity index (χ1n) is 8.61. The molecule has 0 saturated heterocycles. The van der Waals surface area contributed by atoms with Gasteiger partial charge in [-0.15, -0.1) is 11.8 Å². The molecule has 0 bridgehead atoms. The van der Waals surface area contributed by atoms with Gasteiger partial charge >= 0.3 is 0 Å². The van der Waals surface area contributed by atoms with Crippen LogP contribution in [-0.4, -0.2) is 20.3 Å². The zero-order valence-electron chi connectivity index (χ0n) is 14.8. The molecule has 0 radical (unpaired) electrons. The van der Waals surface area contributed by atoms with Gasteiger partial charge in [0.25, 0.3) is 11.5 Å². The second kappa shape index (κ2) is 8.06. The minimum absolute atomic E-state index is 0.00281. The largest absolute Gasteiger partial charge is 0.322 e. The van der Waals surface area contributed by atoms with E-state index in [2.05, 4.69) is 15.3 Å². The van der Waals surface area contributed by atoms with Gasteiger partial charge in [-0.3, -0.25) is 14.0 Å². The summed E-state index contributed by atoms with van der Waals surface area (Å²) in [5.74, 6) is 0.242. The van der Waals surface area contributed by atoms with Crippen LogP contribution in [0.15, 0.2) is 89.1 Å². The smallest absolute Gasteiger partial charge is 0.270 e. The highest BCUT2D eigenvalue weighted by molar-refractivity contribution is 7.98. The fourth-order valence-electron chi connectivity index (χ4n) is 2.71. The van der Waals surface area contributed by atoms with Crippen LogP contribution in [0.25, 0.3) is 5.65 Å². The summed E-state index contributed by atoms with van der Waals surface area (Å²) in [6.07, 6.45) is 4.67. The van der Waals surface area contributed by atoms with Crippen LogP contribution in [0.4, 0.5) is 5.69 Å². The summed E-state index contributed by atoms with van der Waals surface area (Å²) < 4.78 is 1.36. The van der Waals surface area contributed by atoms with Crippen LogP contribution in [0.1, 0.15) is 15.9 Å². The molecule has 3 heterocycles. The van der Waals surface area contributed by atoms with Gasteiger partial charge < -0.3 is 5.32 Å². The van der Waals surface area contributed by atoms with E-state index in [0.29, 0.717) is 11.3 Å². The average Bonchev–Trinajstić information content (AvgIpc) is 2.74. The summed E-state index contributed by atoms with van der Waals surface area (Å²) in [5, 5.41) is 3.72. The monoisotopic (exact) mass is 388 g/mol. The Labute approximate surface area is 165 Å². The lowest BCUT2D eigenvalue weighted by atomic mass is 10.2. The number of benzene rings is 1. The van der Waals surface area contributed by atoms with E-state index in [0.717, 1.165) is 16.3 Å². The van der Waals surface area contributed by atoms with Gasteiger partial charge in [-0.1, -0.05) is 24.3 Å². The summed E-state index contributed by atoms with van der Waals surface area (Å²) in [4.78, 5) is 33.6. The molecule has 0 aliphatic carbocycles. The molecular formula is C21H16N4O2S. The highest BCUT2D eigenvalue weighted by Gasteiger charge is 2.13. The van der Waals surface area contributed by atoms with Crippen LogP contribution in [0, 0.1) is 0 Å². The maximum Gasteiger partial charge on any atom is 0.270 e. The lowest BCUT2D eigenvalue weighted by Crippen LogP contribution is -2.26. The van der Waals surface area contributed by atoms with E-state index in [1.807, 2.05) is 36.4 Å². The zero-order chi connectivity index (χ0) is 19.3. The summed E-state index contributed by atoms with van der Waals surface area (Å²) >= 11 is 1.61. The number of fused-ring (bicyclic) bond motifs is 1. The van der Waals surface area contributed by atoms with Crippen molar-refractivity contribution in [2.75, 3.05) is 5.32 Å². The van der Waals surface area contributed by atoms with E-state index in [-0.39, 0.29) is 5.56 Å². The van der Waals surface area contributed by atoms with Crippen LogP contribution in [-0.2, 0) is 5.75 Å². The number of carbonyl (C=O) groups excluding carboxylic acids is 1. The third-order valence-corrected chi connectivity index (χ3v) is 5.08. The molecule has 0 atom stereocenters.